The van der Waals surface area contributed by atoms with Crippen LogP contribution in [-0.2, 0) is 6.54 Å². The molecule has 1 amide bonds. The molecule has 0 atom stereocenters. The molecule has 26 heavy (non-hydrogen) atoms. The van der Waals surface area contributed by atoms with Gasteiger partial charge in [0, 0.05) is 12.6 Å². The maximum absolute atomic E-state index is 12.8. The van der Waals surface area contributed by atoms with Crippen molar-refractivity contribution in [3.05, 3.63) is 60.0 Å². The van der Waals surface area contributed by atoms with Gasteiger partial charge in [-0.3, -0.25) is 4.79 Å². The van der Waals surface area contributed by atoms with Gasteiger partial charge < -0.3 is 18.9 Å². The molecule has 0 aliphatic heterocycles. The Kier molecular flexibility index (Phi) is 5.17. The summed E-state index contributed by atoms with van der Waals surface area (Å²) in [6.45, 7) is 0.180. The van der Waals surface area contributed by atoms with Gasteiger partial charge in [-0.1, -0.05) is 41.6 Å². The van der Waals surface area contributed by atoms with E-state index < -0.39 is 0 Å². The van der Waals surface area contributed by atoms with E-state index in [4.69, 9.17) is 14.0 Å². The van der Waals surface area contributed by atoms with Crippen molar-refractivity contribution in [1.29, 1.82) is 0 Å². The number of carbonyl (C=O) groups excluding carboxylic acids is 1. The Morgan fingerprint density at radius 2 is 1.85 bits per heavy atom. The molecule has 0 aliphatic carbocycles. The van der Waals surface area contributed by atoms with Gasteiger partial charge in [-0.15, -0.1) is 0 Å². The smallest absolute Gasteiger partial charge is 0.257 e. The van der Waals surface area contributed by atoms with Crippen molar-refractivity contribution < 1.29 is 18.8 Å². The van der Waals surface area contributed by atoms with E-state index in [0.717, 1.165) is 5.56 Å². The number of para-hydroxylation sites is 1. The molecule has 3 aromatic rings. The molecular formula is C19H19N3O4. The molecule has 0 saturated heterocycles. The molecule has 0 aliphatic rings. The molecule has 0 unspecified atom stereocenters. The normalized spacial score (nSPS) is 10.4. The summed E-state index contributed by atoms with van der Waals surface area (Å²) >= 11 is 0. The molecule has 0 fully saturated rings. The van der Waals surface area contributed by atoms with Crippen LogP contribution in [0.4, 0.5) is 0 Å². The lowest BCUT2D eigenvalue weighted by Crippen LogP contribution is -2.26. The van der Waals surface area contributed by atoms with Crippen LogP contribution in [0.3, 0.4) is 0 Å². The highest BCUT2D eigenvalue weighted by Crippen LogP contribution is 2.31. The number of benzene rings is 2. The van der Waals surface area contributed by atoms with Crippen molar-refractivity contribution in [3.8, 4) is 22.9 Å². The molecular weight excluding hydrogens is 334 g/mol. The van der Waals surface area contributed by atoms with Gasteiger partial charge in [-0.2, -0.15) is 4.98 Å². The largest absolute Gasteiger partial charge is 0.493 e. The monoisotopic (exact) mass is 353 g/mol. The fraction of sp³-hybridized carbons (Fsp3) is 0.211. The number of rotatable bonds is 6. The third kappa shape index (κ3) is 3.51. The Morgan fingerprint density at radius 1 is 1.08 bits per heavy atom. The number of hydrogen-bond acceptors (Lipinski definition) is 6. The fourth-order valence-corrected chi connectivity index (χ4v) is 2.56. The predicted octanol–water partition coefficient (Wildman–Crippen LogP) is 3.03. The molecule has 7 nitrogen and oxygen atoms in total. The standard InChI is InChI=1S/C19H19N3O4/c1-22(19(23)14-10-7-11-15(24-2)17(14)25-3)12-16-20-18(21-26-16)13-8-5-4-6-9-13/h4-11H,12H2,1-3H3. The van der Waals surface area contributed by atoms with Crippen LogP contribution in [0.25, 0.3) is 11.4 Å². The Hall–Kier alpha value is -3.35. The van der Waals surface area contributed by atoms with Gasteiger partial charge in [0.15, 0.2) is 11.5 Å². The molecule has 1 heterocycles. The first-order chi connectivity index (χ1) is 12.6. The van der Waals surface area contributed by atoms with E-state index >= 15 is 0 Å². The molecule has 0 spiro atoms. The van der Waals surface area contributed by atoms with Crippen molar-refractivity contribution in [3.63, 3.8) is 0 Å². The molecule has 3 rings (SSSR count). The average molecular weight is 353 g/mol. The number of methoxy groups -OCH3 is 2. The first-order valence-corrected chi connectivity index (χ1v) is 7.98. The van der Waals surface area contributed by atoms with Crippen LogP contribution in [0.15, 0.2) is 53.1 Å². The van der Waals surface area contributed by atoms with Crippen molar-refractivity contribution >= 4 is 5.91 Å². The van der Waals surface area contributed by atoms with Crippen LogP contribution < -0.4 is 9.47 Å². The summed E-state index contributed by atoms with van der Waals surface area (Å²) in [6.07, 6.45) is 0. The van der Waals surface area contributed by atoms with Gasteiger partial charge in [0.05, 0.1) is 19.8 Å². The van der Waals surface area contributed by atoms with Gasteiger partial charge in [-0.25, -0.2) is 0 Å². The lowest BCUT2D eigenvalue weighted by Gasteiger charge is -2.18. The van der Waals surface area contributed by atoms with Crippen LogP contribution in [0, 0.1) is 0 Å². The van der Waals surface area contributed by atoms with Crippen LogP contribution in [0.1, 0.15) is 16.2 Å². The lowest BCUT2D eigenvalue weighted by atomic mass is 10.1. The number of ether oxygens (including phenoxy) is 2. The number of carbonyl (C=O) groups is 1. The Labute approximate surface area is 151 Å². The van der Waals surface area contributed by atoms with Gasteiger partial charge in [0.25, 0.3) is 5.91 Å². The number of hydrogen-bond donors (Lipinski definition) is 0. The van der Waals surface area contributed by atoms with E-state index in [0.29, 0.717) is 28.8 Å². The van der Waals surface area contributed by atoms with E-state index in [1.54, 1.807) is 25.2 Å². The zero-order valence-electron chi connectivity index (χ0n) is 14.8. The Morgan fingerprint density at radius 3 is 2.54 bits per heavy atom. The van der Waals surface area contributed by atoms with Crippen LogP contribution >= 0.6 is 0 Å². The lowest BCUT2D eigenvalue weighted by molar-refractivity contribution is 0.0765. The second-order valence-corrected chi connectivity index (χ2v) is 5.58. The summed E-state index contributed by atoms with van der Waals surface area (Å²) in [5, 5.41) is 3.96. The zero-order valence-corrected chi connectivity index (χ0v) is 14.8. The highest BCUT2D eigenvalue weighted by atomic mass is 16.5. The third-order valence-electron chi connectivity index (χ3n) is 3.85. The zero-order chi connectivity index (χ0) is 18.5. The summed E-state index contributed by atoms with van der Waals surface area (Å²) < 4.78 is 15.8. The summed E-state index contributed by atoms with van der Waals surface area (Å²) in [6, 6.07) is 14.7. The topological polar surface area (TPSA) is 77.7 Å². The molecule has 0 bridgehead atoms. The van der Waals surface area contributed by atoms with E-state index in [-0.39, 0.29) is 12.5 Å². The first kappa shape index (κ1) is 17.5. The van der Waals surface area contributed by atoms with E-state index in [1.165, 1.54) is 19.1 Å². The third-order valence-corrected chi connectivity index (χ3v) is 3.85. The summed E-state index contributed by atoms with van der Waals surface area (Å²) in [5.41, 5.74) is 1.25. The second-order valence-electron chi connectivity index (χ2n) is 5.58. The molecule has 0 N–H and O–H groups in total. The summed E-state index contributed by atoms with van der Waals surface area (Å²) in [4.78, 5) is 18.6. The summed E-state index contributed by atoms with van der Waals surface area (Å²) in [5.74, 6) is 1.49. The number of aromatic nitrogens is 2. The predicted molar refractivity (Wildman–Crippen MR) is 95.1 cm³/mol. The number of amides is 1. The SMILES string of the molecule is COc1cccc(C(=O)N(C)Cc2nc(-c3ccccc3)no2)c1OC. The van der Waals surface area contributed by atoms with E-state index in [1.807, 2.05) is 30.3 Å². The van der Waals surface area contributed by atoms with Crippen molar-refractivity contribution in [2.45, 2.75) is 6.54 Å². The maximum atomic E-state index is 12.8. The Balaban J connectivity index is 1.78. The van der Waals surface area contributed by atoms with Crippen LogP contribution in [-0.4, -0.2) is 42.2 Å². The minimum atomic E-state index is -0.236. The molecule has 0 radical (unpaired) electrons. The van der Waals surface area contributed by atoms with Gasteiger partial charge in [0.1, 0.15) is 6.54 Å². The fourth-order valence-electron chi connectivity index (χ4n) is 2.56. The Bertz CT molecular complexity index is 893. The molecule has 134 valence electrons. The quantitative estimate of drug-likeness (QED) is 0.678. The second kappa shape index (κ2) is 7.69. The van der Waals surface area contributed by atoms with Gasteiger partial charge in [-0.05, 0) is 12.1 Å². The highest BCUT2D eigenvalue weighted by Gasteiger charge is 2.21. The first-order valence-electron chi connectivity index (χ1n) is 7.98. The van der Waals surface area contributed by atoms with E-state index in [9.17, 15) is 4.79 Å². The number of nitrogens with zero attached hydrogens (tertiary/aromatic N) is 3. The van der Waals surface area contributed by atoms with Crippen LogP contribution in [0.5, 0.6) is 11.5 Å². The van der Waals surface area contributed by atoms with Crippen molar-refractivity contribution in [1.82, 2.24) is 15.0 Å². The van der Waals surface area contributed by atoms with Crippen molar-refractivity contribution in [2.75, 3.05) is 21.3 Å². The molecule has 7 heteroatoms. The molecule has 2 aromatic carbocycles. The highest BCUT2D eigenvalue weighted by molar-refractivity contribution is 5.97. The van der Waals surface area contributed by atoms with Gasteiger partial charge >= 0.3 is 0 Å². The van der Waals surface area contributed by atoms with Gasteiger partial charge in [0.2, 0.25) is 11.7 Å². The summed E-state index contributed by atoms with van der Waals surface area (Å²) in [7, 11) is 4.69. The van der Waals surface area contributed by atoms with Crippen LogP contribution in [0.2, 0.25) is 0 Å². The maximum Gasteiger partial charge on any atom is 0.257 e. The molecule has 1 aromatic heterocycles. The minimum absolute atomic E-state index is 0.180. The minimum Gasteiger partial charge on any atom is -0.493 e. The molecule has 0 saturated carbocycles. The van der Waals surface area contributed by atoms with Crippen molar-refractivity contribution in [2.24, 2.45) is 0 Å². The van der Waals surface area contributed by atoms with E-state index in [2.05, 4.69) is 10.1 Å². The average Bonchev–Trinajstić information content (AvgIpc) is 3.15.